The van der Waals surface area contributed by atoms with Gasteiger partial charge in [0, 0.05) is 18.6 Å². The standard InChI is InChI=1S/C23H32N2O4.ClH/c1-6-28-21-13-18(15-24-14-17-7-10-19(27-5)11-8-17)9-12-20(21)29-16-22(26)25-23(2,3)4;/h7-13,24H,6,14-16H2,1-5H3,(H,25,26);1H. The minimum absolute atomic E-state index is 0. The number of ether oxygens (including phenoxy) is 3. The summed E-state index contributed by atoms with van der Waals surface area (Å²) in [6.45, 7) is 9.64. The van der Waals surface area contributed by atoms with E-state index in [1.807, 2.05) is 70.2 Å². The molecular weight excluding hydrogens is 404 g/mol. The van der Waals surface area contributed by atoms with Gasteiger partial charge in [-0.2, -0.15) is 0 Å². The molecule has 2 aromatic carbocycles. The molecule has 166 valence electrons. The topological polar surface area (TPSA) is 68.8 Å². The van der Waals surface area contributed by atoms with Gasteiger partial charge in [0.2, 0.25) is 0 Å². The van der Waals surface area contributed by atoms with Gasteiger partial charge in [-0.15, -0.1) is 12.4 Å². The molecule has 0 aliphatic heterocycles. The summed E-state index contributed by atoms with van der Waals surface area (Å²) in [7, 11) is 1.66. The maximum absolute atomic E-state index is 12.0. The van der Waals surface area contributed by atoms with Gasteiger partial charge in [0.1, 0.15) is 5.75 Å². The number of rotatable bonds is 10. The van der Waals surface area contributed by atoms with Gasteiger partial charge in [-0.25, -0.2) is 0 Å². The third-order valence-electron chi connectivity index (χ3n) is 4.00. The van der Waals surface area contributed by atoms with Crippen LogP contribution in [0.3, 0.4) is 0 Å². The van der Waals surface area contributed by atoms with Crippen LogP contribution < -0.4 is 24.8 Å². The average molecular weight is 437 g/mol. The van der Waals surface area contributed by atoms with Crippen LogP contribution in [0, 0.1) is 0 Å². The van der Waals surface area contributed by atoms with E-state index in [0.29, 0.717) is 24.7 Å². The minimum Gasteiger partial charge on any atom is -0.497 e. The second-order valence-corrected chi connectivity index (χ2v) is 7.75. The normalized spacial score (nSPS) is 10.7. The fraction of sp³-hybridized carbons (Fsp3) is 0.435. The molecule has 6 nitrogen and oxygen atoms in total. The minimum atomic E-state index is -0.289. The van der Waals surface area contributed by atoms with Gasteiger partial charge in [-0.05, 0) is 63.1 Å². The number of carbonyl (C=O) groups is 1. The SMILES string of the molecule is CCOc1cc(CNCc2ccc(OC)cc2)ccc1OCC(=O)NC(C)(C)C.Cl. The summed E-state index contributed by atoms with van der Waals surface area (Å²) in [5.41, 5.74) is 1.97. The Morgan fingerprint density at radius 1 is 0.933 bits per heavy atom. The molecule has 2 rings (SSSR count). The molecule has 1 amide bonds. The highest BCUT2D eigenvalue weighted by Crippen LogP contribution is 2.28. The molecule has 0 bridgehead atoms. The molecule has 0 saturated carbocycles. The first-order valence-corrected chi connectivity index (χ1v) is 9.84. The molecule has 2 aromatic rings. The molecule has 0 saturated heterocycles. The number of methoxy groups -OCH3 is 1. The number of amides is 1. The lowest BCUT2D eigenvalue weighted by molar-refractivity contribution is -0.124. The lowest BCUT2D eigenvalue weighted by Crippen LogP contribution is -2.43. The van der Waals surface area contributed by atoms with Crippen molar-refractivity contribution in [2.45, 2.75) is 46.3 Å². The lowest BCUT2D eigenvalue weighted by Gasteiger charge is -2.21. The molecule has 0 aliphatic rings. The van der Waals surface area contributed by atoms with Gasteiger partial charge in [0.25, 0.3) is 5.91 Å². The summed E-state index contributed by atoms with van der Waals surface area (Å²) in [6, 6.07) is 13.7. The van der Waals surface area contributed by atoms with Gasteiger partial charge in [-0.3, -0.25) is 4.79 Å². The summed E-state index contributed by atoms with van der Waals surface area (Å²) in [6.07, 6.45) is 0. The van der Waals surface area contributed by atoms with Crippen molar-refractivity contribution in [3.63, 3.8) is 0 Å². The molecule has 0 unspecified atom stereocenters. The van der Waals surface area contributed by atoms with Crippen LogP contribution in [0.15, 0.2) is 42.5 Å². The van der Waals surface area contributed by atoms with Crippen molar-refractivity contribution in [2.24, 2.45) is 0 Å². The Kier molecular flexibility index (Phi) is 10.5. The molecule has 0 aromatic heterocycles. The molecule has 0 heterocycles. The predicted octanol–water partition coefficient (Wildman–Crippen LogP) is 4.10. The van der Waals surface area contributed by atoms with Gasteiger partial charge in [0.15, 0.2) is 18.1 Å². The summed E-state index contributed by atoms with van der Waals surface area (Å²) < 4.78 is 16.6. The van der Waals surface area contributed by atoms with E-state index in [-0.39, 0.29) is 30.5 Å². The van der Waals surface area contributed by atoms with E-state index in [1.54, 1.807) is 7.11 Å². The van der Waals surface area contributed by atoms with E-state index in [9.17, 15) is 4.79 Å². The molecular formula is C23H33ClN2O4. The number of carbonyl (C=O) groups excluding carboxylic acids is 1. The Morgan fingerprint density at radius 2 is 1.57 bits per heavy atom. The van der Waals surface area contributed by atoms with Crippen molar-refractivity contribution < 1.29 is 19.0 Å². The van der Waals surface area contributed by atoms with Crippen LogP contribution in [-0.4, -0.2) is 31.8 Å². The Labute approximate surface area is 185 Å². The zero-order valence-electron chi connectivity index (χ0n) is 18.4. The molecule has 0 spiro atoms. The third kappa shape index (κ3) is 8.93. The summed E-state index contributed by atoms with van der Waals surface area (Å²) in [5.74, 6) is 1.89. The van der Waals surface area contributed by atoms with Crippen molar-refractivity contribution in [2.75, 3.05) is 20.3 Å². The van der Waals surface area contributed by atoms with Crippen LogP contribution in [0.25, 0.3) is 0 Å². The predicted molar refractivity (Wildman–Crippen MR) is 122 cm³/mol. The number of hydrogen-bond donors (Lipinski definition) is 2. The van der Waals surface area contributed by atoms with E-state index in [1.165, 1.54) is 5.56 Å². The molecule has 0 aliphatic carbocycles. The van der Waals surface area contributed by atoms with Crippen LogP contribution in [0.5, 0.6) is 17.2 Å². The number of nitrogens with one attached hydrogen (secondary N) is 2. The molecule has 0 fully saturated rings. The van der Waals surface area contributed by atoms with Gasteiger partial charge in [0.05, 0.1) is 13.7 Å². The van der Waals surface area contributed by atoms with E-state index in [2.05, 4.69) is 10.6 Å². The number of benzene rings is 2. The quantitative estimate of drug-likeness (QED) is 0.586. The molecule has 2 N–H and O–H groups in total. The Balaban J connectivity index is 0.00000450. The summed E-state index contributed by atoms with van der Waals surface area (Å²) in [5, 5.41) is 6.30. The van der Waals surface area contributed by atoms with Crippen molar-refractivity contribution in [3.8, 4) is 17.2 Å². The van der Waals surface area contributed by atoms with Crippen LogP contribution in [0.4, 0.5) is 0 Å². The highest BCUT2D eigenvalue weighted by Gasteiger charge is 2.15. The van der Waals surface area contributed by atoms with Crippen molar-refractivity contribution in [3.05, 3.63) is 53.6 Å². The molecule has 30 heavy (non-hydrogen) atoms. The Bertz CT molecular complexity index is 789. The molecule has 0 atom stereocenters. The second kappa shape index (κ2) is 12.3. The van der Waals surface area contributed by atoms with Gasteiger partial charge < -0.3 is 24.8 Å². The first-order chi connectivity index (χ1) is 13.8. The first kappa shape index (κ1) is 25.6. The van der Waals surface area contributed by atoms with E-state index >= 15 is 0 Å². The van der Waals surface area contributed by atoms with Crippen LogP contribution in [-0.2, 0) is 17.9 Å². The third-order valence-corrected chi connectivity index (χ3v) is 4.00. The maximum atomic E-state index is 12.0. The van der Waals surface area contributed by atoms with Crippen molar-refractivity contribution in [1.29, 1.82) is 0 Å². The fourth-order valence-electron chi connectivity index (χ4n) is 2.74. The monoisotopic (exact) mass is 436 g/mol. The maximum Gasteiger partial charge on any atom is 0.258 e. The zero-order chi connectivity index (χ0) is 21.3. The summed E-state index contributed by atoms with van der Waals surface area (Å²) in [4.78, 5) is 12.0. The van der Waals surface area contributed by atoms with Crippen LogP contribution in [0.1, 0.15) is 38.8 Å². The first-order valence-electron chi connectivity index (χ1n) is 9.84. The van der Waals surface area contributed by atoms with Gasteiger partial charge in [-0.1, -0.05) is 18.2 Å². The lowest BCUT2D eigenvalue weighted by atomic mass is 10.1. The second-order valence-electron chi connectivity index (χ2n) is 7.75. The Hall–Kier alpha value is -2.44. The highest BCUT2D eigenvalue weighted by molar-refractivity contribution is 5.85. The van der Waals surface area contributed by atoms with Crippen LogP contribution in [0.2, 0.25) is 0 Å². The average Bonchev–Trinajstić information content (AvgIpc) is 2.67. The van der Waals surface area contributed by atoms with E-state index in [4.69, 9.17) is 14.2 Å². The largest absolute Gasteiger partial charge is 0.497 e. The number of hydrogen-bond acceptors (Lipinski definition) is 5. The van der Waals surface area contributed by atoms with Crippen molar-refractivity contribution in [1.82, 2.24) is 10.6 Å². The van der Waals surface area contributed by atoms with Crippen LogP contribution >= 0.6 is 12.4 Å². The Morgan fingerprint density at radius 3 is 2.17 bits per heavy atom. The van der Waals surface area contributed by atoms with E-state index in [0.717, 1.165) is 17.9 Å². The highest BCUT2D eigenvalue weighted by atomic mass is 35.5. The zero-order valence-corrected chi connectivity index (χ0v) is 19.2. The van der Waals surface area contributed by atoms with E-state index < -0.39 is 0 Å². The smallest absolute Gasteiger partial charge is 0.258 e. The summed E-state index contributed by atoms with van der Waals surface area (Å²) >= 11 is 0. The van der Waals surface area contributed by atoms with Crippen molar-refractivity contribution >= 4 is 18.3 Å². The van der Waals surface area contributed by atoms with Gasteiger partial charge >= 0.3 is 0 Å². The number of halogens is 1. The molecule has 7 heteroatoms. The molecule has 0 radical (unpaired) electrons. The fourth-order valence-corrected chi connectivity index (χ4v) is 2.74.